The van der Waals surface area contributed by atoms with E-state index in [4.69, 9.17) is 20.5 Å². The summed E-state index contributed by atoms with van der Waals surface area (Å²) in [6.07, 6.45) is 0. The van der Waals surface area contributed by atoms with Crippen LogP contribution in [0, 0.1) is 13.8 Å². The van der Waals surface area contributed by atoms with Crippen molar-refractivity contribution in [3.63, 3.8) is 0 Å². The summed E-state index contributed by atoms with van der Waals surface area (Å²) < 4.78 is 39.6. The summed E-state index contributed by atoms with van der Waals surface area (Å²) in [6, 6.07) is 17.3. The normalized spacial score (nSPS) is 14.5. The number of nitrogens with zero attached hydrogens (tertiary/aromatic N) is 3. The molecule has 0 N–H and O–H groups in total. The van der Waals surface area contributed by atoms with Crippen molar-refractivity contribution in [1.82, 2.24) is 9.47 Å². The lowest BCUT2D eigenvalue weighted by atomic mass is 10.1. The molecule has 0 radical (unpaired) electrons. The van der Waals surface area contributed by atoms with Crippen molar-refractivity contribution in [2.75, 3.05) is 44.7 Å². The number of aryl methyl sites for hydroxylation is 2. The van der Waals surface area contributed by atoms with Crippen molar-refractivity contribution in [2.24, 2.45) is 0 Å². The number of piperazine rings is 1. The molecular formula is C30H32ClN3O5S. The first-order chi connectivity index (χ1) is 19.1. The predicted molar refractivity (Wildman–Crippen MR) is 158 cm³/mol. The number of benzene rings is 3. The Hall–Kier alpha value is -3.53. The minimum absolute atomic E-state index is 0.0556. The number of hydrogen-bond acceptors (Lipinski definition) is 7. The second kappa shape index (κ2) is 11.2. The Labute approximate surface area is 239 Å². The molecule has 2 heterocycles. The Bertz CT molecular complexity index is 1660. The van der Waals surface area contributed by atoms with Crippen molar-refractivity contribution in [3.05, 3.63) is 82.4 Å². The van der Waals surface area contributed by atoms with Crippen molar-refractivity contribution >= 4 is 44.4 Å². The zero-order chi connectivity index (χ0) is 28.6. The molecule has 10 heteroatoms. The first kappa shape index (κ1) is 28.0. The van der Waals surface area contributed by atoms with Crippen LogP contribution in [-0.2, 0) is 14.9 Å². The van der Waals surface area contributed by atoms with Crippen LogP contribution in [0.4, 0.5) is 5.82 Å². The number of hydrogen-bond donors (Lipinski definition) is 0. The van der Waals surface area contributed by atoms with Crippen LogP contribution in [0.2, 0.25) is 5.02 Å². The van der Waals surface area contributed by atoms with Crippen LogP contribution in [0.15, 0.2) is 65.6 Å². The molecule has 1 aliphatic rings. The molecule has 3 aromatic carbocycles. The maximum absolute atomic E-state index is 13.6. The van der Waals surface area contributed by atoms with E-state index in [9.17, 15) is 13.2 Å². The number of anilines is 1. The monoisotopic (exact) mass is 581 g/mol. The second-order valence-corrected chi connectivity index (χ2v) is 11.9. The molecule has 0 amide bonds. The van der Waals surface area contributed by atoms with Crippen molar-refractivity contribution < 1.29 is 22.1 Å². The van der Waals surface area contributed by atoms with Gasteiger partial charge in [-0.2, -0.15) is 8.42 Å². The third kappa shape index (κ3) is 5.29. The zero-order valence-electron chi connectivity index (χ0n) is 23.0. The van der Waals surface area contributed by atoms with Crippen molar-refractivity contribution in [1.29, 1.82) is 0 Å². The molecule has 1 aliphatic heterocycles. The van der Waals surface area contributed by atoms with Gasteiger partial charge >= 0.3 is 16.1 Å². The summed E-state index contributed by atoms with van der Waals surface area (Å²) in [5, 5.41) is 1.18. The fourth-order valence-electron chi connectivity index (χ4n) is 5.05. The topological polar surface area (TPSA) is 81.1 Å². The molecule has 0 unspecified atom stereocenters. The lowest BCUT2D eigenvalue weighted by Gasteiger charge is -2.35. The summed E-state index contributed by atoms with van der Waals surface area (Å²) in [6.45, 7) is 8.68. The summed E-state index contributed by atoms with van der Waals surface area (Å²) in [5.41, 5.74) is 3.40. The molecule has 0 spiro atoms. The first-order valence-corrected chi connectivity index (χ1v) is 14.9. The van der Waals surface area contributed by atoms with Crippen LogP contribution >= 0.6 is 11.6 Å². The summed E-state index contributed by atoms with van der Waals surface area (Å²) in [4.78, 5) is 18.1. The van der Waals surface area contributed by atoms with Gasteiger partial charge in [-0.25, -0.2) is 4.79 Å². The van der Waals surface area contributed by atoms with Gasteiger partial charge in [0.2, 0.25) is 0 Å². The quantitative estimate of drug-likeness (QED) is 0.208. The van der Waals surface area contributed by atoms with Crippen LogP contribution in [0.25, 0.3) is 16.6 Å². The Morgan fingerprint density at radius 3 is 2.20 bits per heavy atom. The highest BCUT2D eigenvalue weighted by Crippen LogP contribution is 2.41. The number of ether oxygens (including phenoxy) is 1. The van der Waals surface area contributed by atoms with Crippen LogP contribution in [-0.4, -0.2) is 63.7 Å². The van der Waals surface area contributed by atoms with Gasteiger partial charge in [0.15, 0.2) is 0 Å². The fourth-order valence-corrected chi connectivity index (χ4v) is 6.15. The molecule has 40 heavy (non-hydrogen) atoms. The van der Waals surface area contributed by atoms with Crippen LogP contribution < -0.4 is 9.08 Å². The van der Waals surface area contributed by atoms with E-state index >= 15 is 0 Å². The van der Waals surface area contributed by atoms with E-state index in [0.717, 1.165) is 29.9 Å². The molecule has 0 atom stereocenters. The third-order valence-electron chi connectivity index (χ3n) is 7.20. The average molecular weight is 582 g/mol. The fraction of sp³-hybridized carbons (Fsp3) is 0.300. The summed E-state index contributed by atoms with van der Waals surface area (Å²) >= 11 is 6.21. The Morgan fingerprint density at radius 2 is 1.57 bits per heavy atom. The average Bonchev–Trinajstić information content (AvgIpc) is 3.27. The van der Waals surface area contributed by atoms with Gasteiger partial charge in [-0.1, -0.05) is 29.3 Å². The molecule has 1 saturated heterocycles. The first-order valence-electron chi connectivity index (χ1n) is 13.2. The number of carbonyl (C=O) groups is 1. The van der Waals surface area contributed by atoms with Gasteiger partial charge in [0.05, 0.1) is 12.1 Å². The highest BCUT2D eigenvalue weighted by atomic mass is 35.5. The molecule has 210 valence electrons. The van der Waals surface area contributed by atoms with E-state index < -0.39 is 16.1 Å². The third-order valence-corrected chi connectivity index (χ3v) is 8.70. The maximum Gasteiger partial charge on any atom is 0.342 e. The van der Waals surface area contributed by atoms with E-state index in [1.54, 1.807) is 50.2 Å². The molecule has 0 aliphatic carbocycles. The number of halogens is 1. The van der Waals surface area contributed by atoms with Gasteiger partial charge in [0.1, 0.15) is 22.0 Å². The molecule has 8 nitrogen and oxygen atoms in total. The van der Waals surface area contributed by atoms with Crippen LogP contribution in [0.5, 0.6) is 5.75 Å². The molecule has 5 rings (SSSR count). The molecule has 1 aromatic heterocycles. The van der Waals surface area contributed by atoms with E-state index in [1.807, 2.05) is 23.6 Å². The number of rotatable bonds is 7. The van der Waals surface area contributed by atoms with E-state index in [-0.39, 0.29) is 17.3 Å². The Morgan fingerprint density at radius 1 is 0.925 bits per heavy atom. The molecule has 0 saturated carbocycles. The van der Waals surface area contributed by atoms with Crippen molar-refractivity contribution in [3.8, 4) is 11.4 Å². The number of esters is 1. The molecule has 0 bridgehead atoms. The largest absolute Gasteiger partial charge is 0.462 e. The summed E-state index contributed by atoms with van der Waals surface area (Å²) in [7, 11) is -2.03. The predicted octanol–water partition coefficient (Wildman–Crippen LogP) is 5.60. The van der Waals surface area contributed by atoms with Gasteiger partial charge in [0, 0.05) is 47.8 Å². The van der Waals surface area contributed by atoms with Gasteiger partial charge in [-0.15, -0.1) is 0 Å². The zero-order valence-corrected chi connectivity index (χ0v) is 24.6. The van der Waals surface area contributed by atoms with E-state index in [0.29, 0.717) is 40.4 Å². The van der Waals surface area contributed by atoms with Gasteiger partial charge in [0.25, 0.3) is 0 Å². The van der Waals surface area contributed by atoms with Gasteiger partial charge in [-0.05, 0) is 76.3 Å². The molecular weight excluding hydrogens is 550 g/mol. The highest BCUT2D eigenvalue weighted by Gasteiger charge is 2.32. The Kier molecular flexibility index (Phi) is 7.81. The lowest BCUT2D eigenvalue weighted by Crippen LogP contribution is -2.45. The van der Waals surface area contributed by atoms with Crippen molar-refractivity contribution in [2.45, 2.75) is 25.7 Å². The number of carbonyl (C=O) groups excluding carboxylic acids is 1. The Balaban J connectivity index is 1.75. The lowest BCUT2D eigenvalue weighted by molar-refractivity contribution is 0.0529. The minimum Gasteiger partial charge on any atom is -0.462 e. The highest BCUT2D eigenvalue weighted by molar-refractivity contribution is 7.87. The SMILES string of the molecule is CCOC(=O)c1c(N2CCN(C)CC2)n(-c2ccc(Cl)cc2)c2ccc(OS(=O)(=O)c3ccc(C)cc3)c(C)c12. The minimum atomic E-state index is -4.10. The second-order valence-electron chi connectivity index (χ2n) is 9.95. The van der Waals surface area contributed by atoms with E-state index in [2.05, 4.69) is 16.8 Å². The summed E-state index contributed by atoms with van der Waals surface area (Å²) in [5.74, 6) is 0.373. The number of fused-ring (bicyclic) bond motifs is 1. The van der Waals surface area contributed by atoms with Gasteiger partial charge < -0.3 is 18.7 Å². The van der Waals surface area contributed by atoms with E-state index in [1.165, 1.54) is 12.1 Å². The van der Waals surface area contributed by atoms with Crippen LogP contribution in [0.1, 0.15) is 28.4 Å². The number of likely N-dealkylation sites (N-methyl/N-ethyl adjacent to an activating group) is 1. The standard InChI is InChI=1S/C30H32ClN3O5S/c1-5-38-30(35)28-27-21(3)26(39-40(36,37)24-12-6-20(2)7-13-24)15-14-25(27)34(23-10-8-22(31)9-11-23)29(28)33-18-16-32(4)17-19-33/h6-15H,5,16-19H2,1-4H3. The van der Waals surface area contributed by atoms with Crippen LogP contribution in [0.3, 0.4) is 0 Å². The number of aromatic nitrogens is 1. The molecule has 1 fully saturated rings. The van der Waals surface area contributed by atoms with Gasteiger partial charge in [-0.3, -0.25) is 4.57 Å². The molecule has 4 aromatic rings. The smallest absolute Gasteiger partial charge is 0.342 e. The maximum atomic E-state index is 13.6.